The lowest BCUT2D eigenvalue weighted by Crippen LogP contribution is -2.34. The van der Waals surface area contributed by atoms with Crippen molar-refractivity contribution in [3.8, 4) is 0 Å². The van der Waals surface area contributed by atoms with Gasteiger partial charge >= 0.3 is 0 Å². The van der Waals surface area contributed by atoms with Crippen molar-refractivity contribution in [3.05, 3.63) is 0 Å². The topological polar surface area (TPSA) is 124 Å². The highest BCUT2D eigenvalue weighted by Crippen LogP contribution is 2.02. The van der Waals surface area contributed by atoms with E-state index < -0.39 is 0 Å². The number of nitrogens with zero attached hydrogens (tertiary/aromatic N) is 3. The molecule has 0 spiro atoms. The summed E-state index contributed by atoms with van der Waals surface area (Å²) in [5.74, 6) is 0. The van der Waals surface area contributed by atoms with Crippen molar-refractivity contribution >= 4 is 0 Å². The predicted molar refractivity (Wildman–Crippen MR) is 165 cm³/mol. The molecule has 9 heteroatoms. The minimum atomic E-state index is 0.729. The Balaban J connectivity index is 0. The molecule has 0 amide bonds. The van der Waals surface area contributed by atoms with Gasteiger partial charge in [-0.25, -0.2) is 0 Å². The molecule has 226 valence electrons. The molecular formula is C28H69N9. The highest BCUT2D eigenvalue weighted by molar-refractivity contribution is 4.61. The summed E-state index contributed by atoms with van der Waals surface area (Å²) in [5.41, 5.74) is 16.8. The van der Waals surface area contributed by atoms with Crippen molar-refractivity contribution in [3.63, 3.8) is 0 Å². The fraction of sp³-hybridized carbons (Fsp3) is 1.00. The van der Waals surface area contributed by atoms with Gasteiger partial charge in [0, 0.05) is 52.4 Å². The van der Waals surface area contributed by atoms with E-state index in [1.807, 2.05) is 14.1 Å². The highest BCUT2D eigenvalue weighted by Gasteiger charge is 2.03. The van der Waals surface area contributed by atoms with Gasteiger partial charge in [-0.15, -0.1) is 0 Å². The zero-order valence-corrected chi connectivity index (χ0v) is 25.5. The maximum absolute atomic E-state index is 5.67. The van der Waals surface area contributed by atoms with E-state index in [4.69, 9.17) is 17.2 Å². The Morgan fingerprint density at radius 3 is 1.27 bits per heavy atom. The van der Waals surface area contributed by atoms with E-state index in [1.54, 1.807) is 0 Å². The Morgan fingerprint density at radius 2 is 0.892 bits per heavy atom. The third-order valence-corrected chi connectivity index (χ3v) is 6.68. The van der Waals surface area contributed by atoms with Crippen LogP contribution in [0.5, 0.6) is 0 Å². The van der Waals surface area contributed by atoms with Crippen LogP contribution in [0.3, 0.4) is 0 Å². The van der Waals surface area contributed by atoms with Crippen LogP contribution in [0.2, 0.25) is 0 Å². The number of unbranched alkanes of at least 4 members (excludes halogenated alkanes) is 6. The smallest absolute Gasteiger partial charge is 0.0105 e. The first kappa shape index (κ1) is 38.8. The summed E-state index contributed by atoms with van der Waals surface area (Å²) in [6.45, 7) is 17.8. The van der Waals surface area contributed by atoms with Gasteiger partial charge in [0.05, 0.1) is 0 Å². The molecule has 0 aliphatic rings. The molecule has 0 saturated heterocycles. The van der Waals surface area contributed by atoms with Gasteiger partial charge in [-0.3, -0.25) is 0 Å². The van der Waals surface area contributed by atoms with Crippen LogP contribution in [0, 0.1) is 0 Å². The maximum Gasteiger partial charge on any atom is 0.0105 e. The molecule has 0 bridgehead atoms. The number of hydrogen-bond donors (Lipinski definition) is 6. The first-order chi connectivity index (χ1) is 18.1. The van der Waals surface area contributed by atoms with Gasteiger partial charge in [0.2, 0.25) is 0 Å². The van der Waals surface area contributed by atoms with Crippen LogP contribution in [0.1, 0.15) is 64.7 Å². The second-order valence-electron chi connectivity index (χ2n) is 10.1. The number of nitrogens with one attached hydrogen (secondary N) is 3. The molecule has 37 heavy (non-hydrogen) atoms. The molecule has 0 aliphatic heterocycles. The van der Waals surface area contributed by atoms with Crippen LogP contribution in [-0.4, -0.2) is 134 Å². The summed E-state index contributed by atoms with van der Waals surface area (Å²) in [4.78, 5) is 7.22. The minimum Gasteiger partial charge on any atom is -0.329 e. The Bertz CT molecular complexity index is 382. The number of hydrogen-bond acceptors (Lipinski definition) is 9. The second-order valence-corrected chi connectivity index (χ2v) is 10.1. The summed E-state index contributed by atoms with van der Waals surface area (Å²) >= 11 is 0. The lowest BCUT2D eigenvalue weighted by Gasteiger charge is -2.21. The van der Waals surface area contributed by atoms with Gasteiger partial charge < -0.3 is 47.9 Å². The number of likely N-dealkylation sites (N-methyl/N-ethyl adjacent to an activating group) is 1. The molecule has 0 heterocycles. The van der Waals surface area contributed by atoms with Crippen molar-refractivity contribution in [1.82, 2.24) is 30.7 Å². The van der Waals surface area contributed by atoms with E-state index >= 15 is 0 Å². The van der Waals surface area contributed by atoms with Gasteiger partial charge in [-0.05, 0) is 105 Å². The Morgan fingerprint density at radius 1 is 0.486 bits per heavy atom. The minimum absolute atomic E-state index is 0.729. The summed E-state index contributed by atoms with van der Waals surface area (Å²) in [6, 6.07) is 0. The molecule has 0 unspecified atom stereocenters. The van der Waals surface area contributed by atoms with Crippen LogP contribution >= 0.6 is 0 Å². The molecule has 9 nitrogen and oxygen atoms in total. The van der Waals surface area contributed by atoms with Crippen LogP contribution in [0.25, 0.3) is 0 Å². The zero-order valence-electron chi connectivity index (χ0n) is 25.5. The van der Waals surface area contributed by atoms with Crippen LogP contribution < -0.4 is 33.2 Å². The van der Waals surface area contributed by atoms with Crippen LogP contribution in [-0.2, 0) is 0 Å². The molecule has 0 aliphatic carbocycles. The Hall–Kier alpha value is -0.360. The fourth-order valence-corrected chi connectivity index (χ4v) is 4.16. The molecule has 0 fully saturated rings. The molecule has 0 aromatic rings. The largest absolute Gasteiger partial charge is 0.329 e. The summed E-state index contributed by atoms with van der Waals surface area (Å²) in [7, 11) is 6.20. The van der Waals surface area contributed by atoms with Crippen LogP contribution in [0.4, 0.5) is 0 Å². The molecular weight excluding hydrogens is 462 g/mol. The SMILES string of the molecule is CCN(C)CCNCCCCCN(CCN)CCN.CNCCCCCN(CCN)CCCCCNC. The standard InChI is InChI=1S/C14H35N5.C14H34N4/c1-3-18(2)14-10-17-9-5-4-6-11-19(12-7-15)13-8-16;1-16-10-5-3-7-12-18(14-9-15)13-8-4-6-11-17-2/h17H,3-16H2,1-2H3;16-17H,3-15H2,1-2H3. The average molecular weight is 532 g/mol. The van der Waals surface area contributed by atoms with E-state index in [2.05, 4.69) is 44.6 Å². The van der Waals surface area contributed by atoms with Crippen molar-refractivity contribution in [1.29, 1.82) is 0 Å². The quantitative estimate of drug-likeness (QED) is 0.0819. The maximum atomic E-state index is 5.67. The summed E-state index contributed by atoms with van der Waals surface area (Å²) < 4.78 is 0. The third kappa shape index (κ3) is 31.8. The summed E-state index contributed by atoms with van der Waals surface area (Å²) in [5, 5.41) is 9.88. The third-order valence-electron chi connectivity index (χ3n) is 6.68. The monoisotopic (exact) mass is 532 g/mol. The molecule has 9 N–H and O–H groups in total. The van der Waals surface area contributed by atoms with Crippen molar-refractivity contribution < 1.29 is 0 Å². The molecule has 0 saturated carbocycles. The molecule has 0 aromatic carbocycles. The lowest BCUT2D eigenvalue weighted by atomic mass is 10.2. The van der Waals surface area contributed by atoms with Gasteiger partial charge in [0.25, 0.3) is 0 Å². The molecule has 0 radical (unpaired) electrons. The lowest BCUT2D eigenvalue weighted by molar-refractivity contribution is 0.268. The number of rotatable bonds is 28. The van der Waals surface area contributed by atoms with E-state index in [-0.39, 0.29) is 0 Å². The van der Waals surface area contributed by atoms with Crippen LogP contribution in [0.15, 0.2) is 0 Å². The average Bonchev–Trinajstić information content (AvgIpc) is 2.90. The van der Waals surface area contributed by atoms with Gasteiger partial charge in [0.1, 0.15) is 0 Å². The zero-order chi connectivity index (χ0) is 27.8. The van der Waals surface area contributed by atoms with Gasteiger partial charge in [0.15, 0.2) is 0 Å². The second kappa shape index (κ2) is 33.7. The van der Waals surface area contributed by atoms with E-state index in [0.717, 1.165) is 85.1 Å². The molecule has 0 atom stereocenters. The Kier molecular flexibility index (Phi) is 35.3. The van der Waals surface area contributed by atoms with Gasteiger partial charge in [-0.2, -0.15) is 0 Å². The first-order valence-electron chi connectivity index (χ1n) is 15.3. The highest BCUT2D eigenvalue weighted by atomic mass is 15.1. The van der Waals surface area contributed by atoms with E-state index in [1.165, 1.54) is 70.9 Å². The molecule has 0 aromatic heterocycles. The van der Waals surface area contributed by atoms with E-state index in [9.17, 15) is 0 Å². The normalized spacial score (nSPS) is 11.5. The Labute approximate surface area is 232 Å². The van der Waals surface area contributed by atoms with Crippen molar-refractivity contribution in [2.75, 3.05) is 119 Å². The predicted octanol–water partition coefficient (Wildman–Crippen LogP) is 0.944. The van der Waals surface area contributed by atoms with Crippen molar-refractivity contribution in [2.24, 2.45) is 17.2 Å². The van der Waals surface area contributed by atoms with Gasteiger partial charge in [-0.1, -0.05) is 26.2 Å². The molecule has 0 rings (SSSR count). The summed E-state index contributed by atoms with van der Waals surface area (Å²) in [6.07, 6.45) is 11.6. The fourth-order valence-electron chi connectivity index (χ4n) is 4.16. The first-order valence-corrected chi connectivity index (χ1v) is 15.3. The van der Waals surface area contributed by atoms with E-state index in [0.29, 0.717) is 0 Å². The van der Waals surface area contributed by atoms with Crippen molar-refractivity contribution in [2.45, 2.75) is 64.7 Å². The number of nitrogens with two attached hydrogens (primary N) is 3.